The number of benzene rings is 1. The first-order valence-electron chi connectivity index (χ1n) is 8.10. The van der Waals surface area contributed by atoms with Crippen molar-refractivity contribution in [2.45, 2.75) is 19.5 Å². The minimum atomic E-state index is -4.61. The number of amides is 1. The van der Waals surface area contributed by atoms with E-state index in [1.165, 1.54) is 11.0 Å². The predicted octanol–water partition coefficient (Wildman–Crippen LogP) is 3.45. The van der Waals surface area contributed by atoms with Gasteiger partial charge in [0.2, 0.25) is 0 Å². The van der Waals surface area contributed by atoms with Crippen LogP contribution in [0.5, 0.6) is 5.75 Å². The molecule has 1 aromatic carbocycles. The van der Waals surface area contributed by atoms with Crippen LogP contribution in [0.25, 0.3) is 0 Å². The van der Waals surface area contributed by atoms with Crippen LogP contribution >= 0.6 is 0 Å². The minimum absolute atomic E-state index is 0.00741. The molecule has 1 heterocycles. The largest absolute Gasteiger partial charge is 0.489 e. The second kappa shape index (κ2) is 7.80. The number of hydrogen-bond donors (Lipinski definition) is 1. The van der Waals surface area contributed by atoms with E-state index in [2.05, 4.69) is 6.58 Å². The lowest BCUT2D eigenvalue weighted by atomic mass is 9.90. The molecule has 1 amide bonds. The normalized spacial score (nSPS) is 20.5. The van der Waals surface area contributed by atoms with Crippen molar-refractivity contribution in [3.05, 3.63) is 42.0 Å². The molecule has 1 saturated heterocycles. The highest BCUT2D eigenvalue weighted by Crippen LogP contribution is 2.34. The Hall–Kier alpha value is -2.51. The number of ether oxygens (including phenoxy) is 1. The summed E-state index contributed by atoms with van der Waals surface area (Å²) in [6.45, 7) is 5.53. The molecule has 26 heavy (non-hydrogen) atoms. The third-order valence-corrected chi connectivity index (χ3v) is 4.19. The van der Waals surface area contributed by atoms with Crippen LogP contribution in [0.1, 0.15) is 29.3 Å². The molecule has 2 atom stereocenters. The fourth-order valence-corrected chi connectivity index (χ4v) is 3.01. The number of carboxylic acid groups (broad SMARTS) is 1. The van der Waals surface area contributed by atoms with Crippen molar-refractivity contribution in [1.29, 1.82) is 0 Å². The average Bonchev–Trinajstić information content (AvgIpc) is 2.57. The molecule has 1 aliphatic heterocycles. The van der Waals surface area contributed by atoms with Gasteiger partial charge in [-0.15, -0.1) is 0 Å². The molecule has 8 heteroatoms. The van der Waals surface area contributed by atoms with Gasteiger partial charge in [0.1, 0.15) is 12.4 Å². The molecule has 0 radical (unpaired) electrons. The molecule has 1 fully saturated rings. The molecule has 0 aliphatic carbocycles. The van der Waals surface area contributed by atoms with E-state index in [1.54, 1.807) is 6.92 Å². The average molecular weight is 371 g/mol. The molecule has 1 aromatic rings. The van der Waals surface area contributed by atoms with Gasteiger partial charge in [-0.2, -0.15) is 13.2 Å². The SMILES string of the molecule is C=CCOc1ccc(C(F)(F)F)cc1C(=O)N1CC(C)CC(C(=O)O)C1. The maximum absolute atomic E-state index is 13.0. The molecule has 1 N–H and O–H groups in total. The maximum atomic E-state index is 13.0. The first-order chi connectivity index (χ1) is 12.1. The van der Waals surface area contributed by atoms with Crippen molar-refractivity contribution in [3.8, 4) is 5.75 Å². The Labute approximate surface area is 149 Å². The molecule has 2 unspecified atom stereocenters. The van der Waals surface area contributed by atoms with Gasteiger partial charge in [0, 0.05) is 13.1 Å². The van der Waals surface area contributed by atoms with Crippen molar-refractivity contribution < 1.29 is 32.6 Å². The van der Waals surface area contributed by atoms with Crippen LogP contribution in [0.4, 0.5) is 13.2 Å². The summed E-state index contributed by atoms with van der Waals surface area (Å²) in [4.78, 5) is 25.4. The molecule has 142 valence electrons. The van der Waals surface area contributed by atoms with Gasteiger partial charge in [-0.05, 0) is 30.5 Å². The molecule has 0 spiro atoms. The Morgan fingerprint density at radius 2 is 2.08 bits per heavy atom. The Kier molecular flexibility index (Phi) is 5.94. The van der Waals surface area contributed by atoms with Crippen LogP contribution in [-0.2, 0) is 11.0 Å². The summed E-state index contributed by atoms with van der Waals surface area (Å²) < 4.78 is 44.4. The molecular weight excluding hydrogens is 351 g/mol. The quantitative estimate of drug-likeness (QED) is 0.805. The molecule has 5 nitrogen and oxygen atoms in total. The number of nitrogens with zero attached hydrogens (tertiary/aromatic N) is 1. The Balaban J connectivity index is 2.38. The molecule has 0 saturated carbocycles. The highest BCUT2D eigenvalue weighted by molar-refractivity contribution is 5.97. The van der Waals surface area contributed by atoms with E-state index < -0.39 is 29.5 Å². The first kappa shape index (κ1) is 19.8. The number of carbonyl (C=O) groups is 2. The zero-order valence-corrected chi connectivity index (χ0v) is 14.3. The lowest BCUT2D eigenvalue weighted by molar-refractivity contribution is -0.143. The van der Waals surface area contributed by atoms with E-state index >= 15 is 0 Å². The lowest BCUT2D eigenvalue weighted by Crippen LogP contribution is -2.45. The Morgan fingerprint density at radius 3 is 2.65 bits per heavy atom. The highest BCUT2D eigenvalue weighted by Gasteiger charge is 2.35. The monoisotopic (exact) mass is 371 g/mol. The summed E-state index contributed by atoms with van der Waals surface area (Å²) in [7, 11) is 0. The van der Waals surface area contributed by atoms with E-state index in [9.17, 15) is 27.9 Å². The summed E-state index contributed by atoms with van der Waals surface area (Å²) in [5.41, 5.74) is -1.20. The van der Waals surface area contributed by atoms with Crippen molar-refractivity contribution in [2.24, 2.45) is 11.8 Å². The fourth-order valence-electron chi connectivity index (χ4n) is 3.01. The van der Waals surface area contributed by atoms with Gasteiger partial charge in [0.05, 0.1) is 17.0 Å². The molecule has 0 bridgehead atoms. The number of aliphatic carboxylic acids is 1. The predicted molar refractivity (Wildman–Crippen MR) is 87.9 cm³/mol. The number of hydrogen-bond acceptors (Lipinski definition) is 3. The van der Waals surface area contributed by atoms with E-state index in [0.717, 1.165) is 18.2 Å². The van der Waals surface area contributed by atoms with Gasteiger partial charge in [0.15, 0.2) is 0 Å². The van der Waals surface area contributed by atoms with Crippen molar-refractivity contribution in [3.63, 3.8) is 0 Å². The van der Waals surface area contributed by atoms with Gasteiger partial charge in [-0.3, -0.25) is 9.59 Å². The van der Waals surface area contributed by atoms with Gasteiger partial charge < -0.3 is 14.7 Å². The summed E-state index contributed by atoms with van der Waals surface area (Å²) in [6.07, 6.45) is -2.78. The van der Waals surface area contributed by atoms with Crippen molar-refractivity contribution >= 4 is 11.9 Å². The van der Waals surface area contributed by atoms with E-state index in [0.29, 0.717) is 6.42 Å². The molecular formula is C18H20F3NO4. The van der Waals surface area contributed by atoms with Crippen molar-refractivity contribution in [2.75, 3.05) is 19.7 Å². The van der Waals surface area contributed by atoms with Crippen LogP contribution in [0.15, 0.2) is 30.9 Å². The topological polar surface area (TPSA) is 66.8 Å². The third kappa shape index (κ3) is 4.56. The second-order valence-electron chi connectivity index (χ2n) is 6.39. The number of carbonyl (C=O) groups excluding carboxylic acids is 1. The Bertz CT molecular complexity index is 702. The fraction of sp³-hybridized carbons (Fsp3) is 0.444. The molecule has 2 rings (SSSR count). The van der Waals surface area contributed by atoms with Crippen LogP contribution in [0, 0.1) is 11.8 Å². The van der Waals surface area contributed by atoms with Crippen LogP contribution < -0.4 is 4.74 Å². The number of likely N-dealkylation sites (tertiary alicyclic amines) is 1. The second-order valence-corrected chi connectivity index (χ2v) is 6.39. The number of rotatable bonds is 5. The van der Waals surface area contributed by atoms with Crippen LogP contribution in [0.2, 0.25) is 0 Å². The minimum Gasteiger partial charge on any atom is -0.489 e. The zero-order chi connectivity index (χ0) is 19.5. The maximum Gasteiger partial charge on any atom is 0.416 e. The van der Waals surface area contributed by atoms with Crippen molar-refractivity contribution in [1.82, 2.24) is 4.90 Å². The van der Waals surface area contributed by atoms with Crippen LogP contribution in [-0.4, -0.2) is 41.6 Å². The van der Waals surface area contributed by atoms with Crippen LogP contribution in [0.3, 0.4) is 0 Å². The van der Waals surface area contributed by atoms with E-state index in [-0.39, 0.29) is 36.9 Å². The van der Waals surface area contributed by atoms with Gasteiger partial charge >= 0.3 is 12.1 Å². The van der Waals surface area contributed by atoms with Gasteiger partial charge in [-0.25, -0.2) is 0 Å². The number of piperidine rings is 1. The summed E-state index contributed by atoms with van der Waals surface area (Å²) >= 11 is 0. The zero-order valence-electron chi connectivity index (χ0n) is 14.3. The first-order valence-corrected chi connectivity index (χ1v) is 8.10. The lowest BCUT2D eigenvalue weighted by Gasteiger charge is -2.35. The van der Waals surface area contributed by atoms with Gasteiger partial charge in [-0.1, -0.05) is 19.6 Å². The smallest absolute Gasteiger partial charge is 0.416 e. The van der Waals surface area contributed by atoms with Gasteiger partial charge in [0.25, 0.3) is 5.91 Å². The molecule has 1 aliphatic rings. The van der Waals surface area contributed by atoms with E-state index in [4.69, 9.17) is 4.74 Å². The number of carboxylic acids is 1. The number of alkyl halides is 3. The molecule has 0 aromatic heterocycles. The number of halogens is 3. The Morgan fingerprint density at radius 1 is 1.38 bits per heavy atom. The summed E-state index contributed by atoms with van der Waals surface area (Å²) in [5, 5.41) is 9.23. The van der Waals surface area contributed by atoms with E-state index in [1.807, 2.05) is 0 Å². The standard InChI is InChI=1S/C18H20F3NO4/c1-3-6-26-15-5-4-13(18(19,20)21)8-14(15)16(23)22-9-11(2)7-12(10-22)17(24)25/h3-5,8,11-12H,1,6-7,9-10H2,2H3,(H,24,25). The summed E-state index contributed by atoms with van der Waals surface area (Å²) in [6, 6.07) is 2.69. The third-order valence-electron chi connectivity index (χ3n) is 4.19. The summed E-state index contributed by atoms with van der Waals surface area (Å²) in [5.74, 6) is -2.51. The highest BCUT2D eigenvalue weighted by atomic mass is 19.4.